The summed E-state index contributed by atoms with van der Waals surface area (Å²) in [4.78, 5) is 0. The summed E-state index contributed by atoms with van der Waals surface area (Å²) >= 11 is 0. The predicted octanol–water partition coefficient (Wildman–Crippen LogP) is 2.09. The number of hydrogen-bond acceptors (Lipinski definition) is 3. The van der Waals surface area contributed by atoms with Crippen molar-refractivity contribution in [3.05, 3.63) is 29.8 Å². The van der Waals surface area contributed by atoms with Crippen molar-refractivity contribution in [1.82, 2.24) is 5.32 Å². The van der Waals surface area contributed by atoms with Crippen molar-refractivity contribution in [1.29, 1.82) is 0 Å². The summed E-state index contributed by atoms with van der Waals surface area (Å²) in [5.74, 6) is 1.76. The molecule has 0 aromatic heterocycles. The molecule has 1 aromatic carbocycles. The third-order valence-electron chi connectivity index (χ3n) is 3.31. The summed E-state index contributed by atoms with van der Waals surface area (Å²) in [5, 5.41) is 12.6. The van der Waals surface area contributed by atoms with Crippen LogP contribution in [0.4, 0.5) is 0 Å². The van der Waals surface area contributed by atoms with Gasteiger partial charge in [0.05, 0.1) is 7.11 Å². The second-order valence-electron chi connectivity index (χ2n) is 4.99. The molecule has 102 valence electrons. The van der Waals surface area contributed by atoms with Gasteiger partial charge in [-0.2, -0.15) is 0 Å². The molecule has 1 atom stereocenters. The molecule has 0 saturated heterocycles. The molecule has 0 aliphatic carbocycles. The van der Waals surface area contributed by atoms with Crippen LogP contribution in [0, 0.1) is 11.8 Å². The third kappa shape index (κ3) is 5.07. The van der Waals surface area contributed by atoms with Crippen LogP contribution >= 0.6 is 0 Å². The Bertz CT molecular complexity index is 339. The lowest BCUT2D eigenvalue weighted by Crippen LogP contribution is -2.30. The molecule has 1 aromatic rings. The smallest absolute Gasteiger partial charge is 0.119 e. The number of ether oxygens (including phenoxy) is 1. The quantitative estimate of drug-likeness (QED) is 0.695. The number of methoxy groups -OCH3 is 1. The Morgan fingerprint density at radius 2 is 2.11 bits per heavy atom. The lowest BCUT2D eigenvalue weighted by Gasteiger charge is -2.18. The van der Waals surface area contributed by atoms with Crippen molar-refractivity contribution in [2.24, 2.45) is 11.8 Å². The molecule has 0 radical (unpaired) electrons. The molecule has 0 fully saturated rings. The zero-order valence-electron chi connectivity index (χ0n) is 11.6. The highest BCUT2D eigenvalue weighted by Crippen LogP contribution is 2.13. The first-order valence-electron chi connectivity index (χ1n) is 6.62. The molecule has 0 bridgehead atoms. The van der Waals surface area contributed by atoms with Crippen LogP contribution in [-0.2, 0) is 6.42 Å². The van der Waals surface area contributed by atoms with Crippen molar-refractivity contribution in [3.63, 3.8) is 0 Å². The Morgan fingerprint density at radius 1 is 1.33 bits per heavy atom. The van der Waals surface area contributed by atoms with E-state index in [0.29, 0.717) is 11.8 Å². The Kier molecular flexibility index (Phi) is 6.76. The number of hydrogen-bond donors (Lipinski definition) is 2. The van der Waals surface area contributed by atoms with E-state index in [4.69, 9.17) is 4.74 Å². The van der Waals surface area contributed by atoms with Crippen LogP contribution in [0.25, 0.3) is 0 Å². The summed E-state index contributed by atoms with van der Waals surface area (Å²) in [5.41, 5.74) is 1.27. The summed E-state index contributed by atoms with van der Waals surface area (Å²) < 4.78 is 5.19. The number of aliphatic hydroxyl groups is 1. The van der Waals surface area contributed by atoms with E-state index >= 15 is 0 Å². The van der Waals surface area contributed by atoms with E-state index in [-0.39, 0.29) is 6.61 Å². The molecule has 1 rings (SSSR count). The van der Waals surface area contributed by atoms with Gasteiger partial charge in [-0.3, -0.25) is 0 Å². The van der Waals surface area contributed by atoms with Crippen LogP contribution in [0.2, 0.25) is 0 Å². The fourth-order valence-corrected chi connectivity index (χ4v) is 1.86. The molecule has 0 aliphatic heterocycles. The Hall–Kier alpha value is -1.06. The highest BCUT2D eigenvalue weighted by atomic mass is 16.5. The zero-order chi connectivity index (χ0) is 13.4. The molecule has 0 saturated carbocycles. The summed E-state index contributed by atoms with van der Waals surface area (Å²) in [6, 6.07) is 8.14. The van der Waals surface area contributed by atoms with Crippen LogP contribution in [0.1, 0.15) is 19.4 Å². The van der Waals surface area contributed by atoms with E-state index in [2.05, 4.69) is 31.3 Å². The molecule has 2 N–H and O–H groups in total. The Morgan fingerprint density at radius 3 is 2.72 bits per heavy atom. The maximum absolute atomic E-state index is 9.22. The molecule has 0 spiro atoms. The van der Waals surface area contributed by atoms with E-state index in [1.54, 1.807) is 7.11 Å². The lowest BCUT2D eigenvalue weighted by molar-refractivity contribution is 0.186. The molecule has 0 amide bonds. The Balaban J connectivity index is 2.28. The number of nitrogens with one attached hydrogen (secondary N) is 1. The van der Waals surface area contributed by atoms with Gasteiger partial charge >= 0.3 is 0 Å². The predicted molar refractivity (Wildman–Crippen MR) is 75.0 cm³/mol. The van der Waals surface area contributed by atoms with Gasteiger partial charge in [0.2, 0.25) is 0 Å². The number of aliphatic hydroxyl groups excluding tert-OH is 1. The minimum absolute atomic E-state index is 0.254. The highest BCUT2D eigenvalue weighted by molar-refractivity contribution is 5.28. The lowest BCUT2D eigenvalue weighted by atomic mass is 9.97. The van der Waals surface area contributed by atoms with Crippen molar-refractivity contribution < 1.29 is 9.84 Å². The first-order chi connectivity index (χ1) is 8.67. The van der Waals surface area contributed by atoms with Crippen LogP contribution < -0.4 is 10.1 Å². The van der Waals surface area contributed by atoms with Gasteiger partial charge in [-0.1, -0.05) is 26.0 Å². The van der Waals surface area contributed by atoms with Crippen molar-refractivity contribution >= 4 is 0 Å². The van der Waals surface area contributed by atoms with Gasteiger partial charge in [0, 0.05) is 13.2 Å². The first kappa shape index (κ1) is 15.0. The van der Waals surface area contributed by atoms with Crippen LogP contribution in [0.15, 0.2) is 24.3 Å². The topological polar surface area (TPSA) is 41.5 Å². The maximum atomic E-state index is 9.22. The fraction of sp³-hybridized carbons (Fsp3) is 0.600. The first-order valence-corrected chi connectivity index (χ1v) is 6.62. The van der Waals surface area contributed by atoms with Crippen molar-refractivity contribution in [3.8, 4) is 5.75 Å². The molecule has 0 heterocycles. The van der Waals surface area contributed by atoms with E-state index in [0.717, 1.165) is 25.3 Å². The average Bonchev–Trinajstić information content (AvgIpc) is 2.38. The molecule has 18 heavy (non-hydrogen) atoms. The van der Waals surface area contributed by atoms with E-state index < -0.39 is 0 Å². The molecule has 3 nitrogen and oxygen atoms in total. The Labute approximate surface area is 110 Å². The minimum Gasteiger partial charge on any atom is -0.497 e. The summed E-state index contributed by atoms with van der Waals surface area (Å²) in [6.07, 6.45) is 0.980. The number of benzene rings is 1. The average molecular weight is 251 g/mol. The van der Waals surface area contributed by atoms with Crippen molar-refractivity contribution in [2.75, 3.05) is 26.8 Å². The van der Waals surface area contributed by atoms with Crippen molar-refractivity contribution in [2.45, 2.75) is 20.3 Å². The molecular formula is C15H25NO2. The van der Waals surface area contributed by atoms with Gasteiger partial charge in [-0.25, -0.2) is 0 Å². The van der Waals surface area contributed by atoms with Crippen LogP contribution in [0.5, 0.6) is 5.75 Å². The second kappa shape index (κ2) is 8.11. The highest BCUT2D eigenvalue weighted by Gasteiger charge is 2.10. The third-order valence-corrected chi connectivity index (χ3v) is 3.31. The van der Waals surface area contributed by atoms with E-state index in [9.17, 15) is 5.11 Å². The monoisotopic (exact) mass is 251 g/mol. The van der Waals surface area contributed by atoms with Crippen LogP contribution in [-0.4, -0.2) is 31.9 Å². The van der Waals surface area contributed by atoms with E-state index in [1.165, 1.54) is 5.56 Å². The SMILES string of the molecule is COc1cccc(CCNCC(CO)C(C)C)c1. The maximum Gasteiger partial charge on any atom is 0.119 e. The zero-order valence-corrected chi connectivity index (χ0v) is 11.6. The second-order valence-corrected chi connectivity index (χ2v) is 4.99. The van der Waals surface area contributed by atoms with E-state index in [1.807, 2.05) is 12.1 Å². The summed E-state index contributed by atoms with van der Waals surface area (Å²) in [7, 11) is 1.69. The number of rotatable bonds is 8. The van der Waals surface area contributed by atoms with Gasteiger partial charge in [0.1, 0.15) is 5.75 Å². The van der Waals surface area contributed by atoms with Crippen LogP contribution in [0.3, 0.4) is 0 Å². The minimum atomic E-state index is 0.254. The van der Waals surface area contributed by atoms with Gasteiger partial charge in [0.25, 0.3) is 0 Å². The molecular weight excluding hydrogens is 226 g/mol. The molecule has 1 unspecified atom stereocenters. The normalized spacial score (nSPS) is 12.7. The van der Waals surface area contributed by atoms with Gasteiger partial charge < -0.3 is 15.2 Å². The summed E-state index contributed by atoms with van der Waals surface area (Å²) in [6.45, 7) is 6.34. The largest absolute Gasteiger partial charge is 0.497 e. The molecule has 0 aliphatic rings. The fourth-order valence-electron chi connectivity index (χ4n) is 1.86. The van der Waals surface area contributed by atoms with Gasteiger partial charge in [-0.05, 0) is 42.5 Å². The standard InChI is InChI=1S/C15H25NO2/c1-12(2)14(11-17)10-16-8-7-13-5-4-6-15(9-13)18-3/h4-6,9,12,14,16-17H,7-8,10-11H2,1-3H3. The van der Waals surface area contributed by atoms with Gasteiger partial charge in [-0.15, -0.1) is 0 Å². The van der Waals surface area contributed by atoms with Gasteiger partial charge in [0.15, 0.2) is 0 Å². The molecule has 3 heteroatoms.